The largest absolute Gasteiger partial charge is 0.495 e. The first-order valence-electron chi connectivity index (χ1n) is 9.01. The van der Waals surface area contributed by atoms with Crippen LogP contribution in [0.25, 0.3) is 16.6 Å². The lowest BCUT2D eigenvalue weighted by Crippen LogP contribution is -2.21. The van der Waals surface area contributed by atoms with Crippen LogP contribution in [-0.2, 0) is 10.0 Å². The molecule has 0 saturated heterocycles. The molecule has 4 aromatic rings. The molecule has 10 heteroatoms. The van der Waals surface area contributed by atoms with E-state index in [1.165, 1.54) is 23.8 Å². The van der Waals surface area contributed by atoms with Gasteiger partial charge in [0.05, 0.1) is 34.3 Å². The summed E-state index contributed by atoms with van der Waals surface area (Å²) < 4.78 is 47.8. The molecule has 0 fully saturated rings. The van der Waals surface area contributed by atoms with E-state index in [0.717, 1.165) is 24.3 Å². The summed E-state index contributed by atoms with van der Waals surface area (Å²) in [6, 6.07) is 15.9. The third kappa shape index (κ3) is 3.94. The molecule has 0 spiro atoms. The molecule has 0 atom stereocenters. The Morgan fingerprint density at radius 2 is 1.77 bits per heavy atom. The molecule has 7 nitrogen and oxygen atoms in total. The molecule has 0 unspecified atom stereocenters. The van der Waals surface area contributed by atoms with Gasteiger partial charge in [-0.25, -0.2) is 12.8 Å². The van der Waals surface area contributed by atoms with Gasteiger partial charge in [0.15, 0.2) is 4.77 Å². The van der Waals surface area contributed by atoms with Crippen molar-refractivity contribution in [2.75, 3.05) is 11.8 Å². The van der Waals surface area contributed by atoms with Gasteiger partial charge in [-0.15, -0.1) is 0 Å². The minimum atomic E-state index is -4.03. The van der Waals surface area contributed by atoms with Gasteiger partial charge in [-0.05, 0) is 66.8 Å². The molecule has 3 aromatic carbocycles. The highest BCUT2D eigenvalue weighted by Gasteiger charge is 2.18. The number of para-hydroxylation sites is 1. The number of methoxy groups -OCH3 is 1. The van der Waals surface area contributed by atoms with E-state index in [4.69, 9.17) is 17.0 Å². The van der Waals surface area contributed by atoms with E-state index < -0.39 is 15.8 Å². The third-order valence-corrected chi connectivity index (χ3v) is 6.28. The number of nitrogens with zero attached hydrogens (tertiary/aromatic N) is 1. The lowest BCUT2D eigenvalue weighted by atomic mass is 10.2. The van der Waals surface area contributed by atoms with Crippen molar-refractivity contribution in [2.45, 2.75) is 4.90 Å². The summed E-state index contributed by atoms with van der Waals surface area (Å²) in [4.78, 5) is 15.9. The number of H-pyrrole nitrogens is 1. The van der Waals surface area contributed by atoms with E-state index in [0.29, 0.717) is 16.6 Å². The van der Waals surface area contributed by atoms with Gasteiger partial charge >= 0.3 is 0 Å². The highest BCUT2D eigenvalue weighted by Crippen LogP contribution is 2.29. The van der Waals surface area contributed by atoms with E-state index in [1.54, 1.807) is 30.3 Å². The summed E-state index contributed by atoms with van der Waals surface area (Å²) >= 11 is 5.35. The highest BCUT2D eigenvalue weighted by molar-refractivity contribution is 7.92. The Labute approximate surface area is 181 Å². The molecule has 0 bridgehead atoms. The molecule has 0 amide bonds. The second-order valence-corrected chi connectivity index (χ2v) is 8.63. The quantitative estimate of drug-likeness (QED) is 0.442. The SMILES string of the molecule is COc1ccc(-n2c(=S)[nH]c3ccccc3c2=O)cc1NS(=O)(=O)c1ccc(F)cc1. The van der Waals surface area contributed by atoms with Crippen LogP contribution in [0, 0.1) is 10.6 Å². The number of aromatic amines is 1. The van der Waals surface area contributed by atoms with E-state index in [9.17, 15) is 17.6 Å². The minimum absolute atomic E-state index is 0.0961. The van der Waals surface area contributed by atoms with Gasteiger partial charge in [0.2, 0.25) is 0 Å². The van der Waals surface area contributed by atoms with Gasteiger partial charge in [-0.1, -0.05) is 12.1 Å². The van der Waals surface area contributed by atoms with Crippen molar-refractivity contribution in [3.05, 3.63) is 87.7 Å². The molecule has 2 N–H and O–H groups in total. The lowest BCUT2D eigenvalue weighted by molar-refractivity contribution is 0.417. The number of halogens is 1. The monoisotopic (exact) mass is 457 g/mol. The zero-order chi connectivity index (χ0) is 22.2. The molecule has 0 aliphatic carbocycles. The Hall–Kier alpha value is -3.50. The van der Waals surface area contributed by atoms with Crippen LogP contribution < -0.4 is 15.0 Å². The number of hydrogen-bond acceptors (Lipinski definition) is 5. The van der Waals surface area contributed by atoms with Crippen LogP contribution in [0.2, 0.25) is 0 Å². The highest BCUT2D eigenvalue weighted by atomic mass is 32.2. The molecular formula is C21H16FN3O4S2. The van der Waals surface area contributed by atoms with Crippen LogP contribution in [0.15, 0.2) is 76.4 Å². The molecule has 31 heavy (non-hydrogen) atoms. The fourth-order valence-corrected chi connectivity index (χ4v) is 4.49. The number of fused-ring (bicyclic) bond motifs is 1. The number of sulfonamides is 1. The van der Waals surface area contributed by atoms with Gasteiger partial charge in [0, 0.05) is 0 Å². The zero-order valence-electron chi connectivity index (χ0n) is 16.1. The first-order chi connectivity index (χ1) is 14.8. The number of aromatic nitrogens is 2. The first kappa shape index (κ1) is 20.8. The molecule has 158 valence electrons. The van der Waals surface area contributed by atoms with Crippen molar-refractivity contribution >= 4 is 38.8 Å². The van der Waals surface area contributed by atoms with Crippen LogP contribution in [0.4, 0.5) is 10.1 Å². The van der Waals surface area contributed by atoms with Crippen LogP contribution >= 0.6 is 12.2 Å². The van der Waals surface area contributed by atoms with Gasteiger partial charge in [0.25, 0.3) is 15.6 Å². The summed E-state index contributed by atoms with van der Waals surface area (Å²) in [5, 5.41) is 0.431. The van der Waals surface area contributed by atoms with Crippen LogP contribution in [0.1, 0.15) is 0 Å². The van der Waals surface area contributed by atoms with Crippen molar-refractivity contribution < 1.29 is 17.5 Å². The van der Waals surface area contributed by atoms with E-state index in [-0.39, 0.29) is 26.7 Å². The Morgan fingerprint density at radius 3 is 2.48 bits per heavy atom. The predicted molar refractivity (Wildman–Crippen MR) is 118 cm³/mol. The Morgan fingerprint density at radius 1 is 1.06 bits per heavy atom. The molecular weight excluding hydrogens is 441 g/mol. The van der Waals surface area contributed by atoms with Crippen molar-refractivity contribution in [3.8, 4) is 11.4 Å². The normalized spacial score (nSPS) is 11.4. The fraction of sp³-hybridized carbons (Fsp3) is 0.0476. The summed E-state index contributed by atoms with van der Waals surface area (Å²) in [7, 11) is -2.65. The number of ether oxygens (including phenoxy) is 1. The van der Waals surface area contributed by atoms with Gasteiger partial charge in [0.1, 0.15) is 11.6 Å². The van der Waals surface area contributed by atoms with E-state index in [2.05, 4.69) is 9.71 Å². The molecule has 1 heterocycles. The maximum absolute atomic E-state index is 13.2. The van der Waals surface area contributed by atoms with Gasteiger partial charge < -0.3 is 9.72 Å². The number of hydrogen-bond donors (Lipinski definition) is 2. The summed E-state index contributed by atoms with van der Waals surface area (Å²) in [6.07, 6.45) is 0. The van der Waals surface area contributed by atoms with Gasteiger partial charge in [-0.2, -0.15) is 0 Å². The Bertz CT molecular complexity index is 1510. The molecule has 0 radical (unpaired) electrons. The zero-order valence-corrected chi connectivity index (χ0v) is 17.8. The lowest BCUT2D eigenvalue weighted by Gasteiger charge is -2.15. The standard InChI is InChI=1S/C21H16FN3O4S2/c1-29-19-11-8-14(25-20(26)16-4-2-3-5-17(16)23-21(25)30)12-18(19)24-31(27,28)15-9-6-13(22)7-10-15/h2-12,24H,1H3,(H,23,30). The molecule has 4 rings (SSSR count). The number of anilines is 1. The van der Waals surface area contributed by atoms with Crippen molar-refractivity contribution in [2.24, 2.45) is 0 Å². The maximum atomic E-state index is 13.2. The summed E-state index contributed by atoms with van der Waals surface area (Å²) in [5.74, 6) is -0.318. The average Bonchev–Trinajstić information content (AvgIpc) is 2.74. The average molecular weight is 458 g/mol. The first-order valence-corrected chi connectivity index (χ1v) is 10.9. The molecule has 0 saturated carbocycles. The number of benzene rings is 3. The number of rotatable bonds is 5. The number of nitrogens with one attached hydrogen (secondary N) is 2. The smallest absolute Gasteiger partial charge is 0.266 e. The Balaban J connectivity index is 1.84. The fourth-order valence-electron chi connectivity index (χ4n) is 3.13. The molecule has 0 aliphatic heterocycles. The summed E-state index contributed by atoms with van der Waals surface area (Å²) in [6.45, 7) is 0. The predicted octanol–water partition coefficient (Wildman–Crippen LogP) is 4.00. The minimum Gasteiger partial charge on any atom is -0.495 e. The summed E-state index contributed by atoms with van der Waals surface area (Å²) in [5.41, 5.74) is 0.685. The van der Waals surface area contributed by atoms with Gasteiger partial charge in [-0.3, -0.25) is 14.1 Å². The van der Waals surface area contributed by atoms with Crippen molar-refractivity contribution in [1.29, 1.82) is 0 Å². The van der Waals surface area contributed by atoms with E-state index >= 15 is 0 Å². The van der Waals surface area contributed by atoms with Crippen molar-refractivity contribution in [3.63, 3.8) is 0 Å². The third-order valence-electron chi connectivity index (χ3n) is 4.61. The van der Waals surface area contributed by atoms with Crippen LogP contribution in [0.3, 0.4) is 0 Å². The maximum Gasteiger partial charge on any atom is 0.266 e. The Kier molecular flexibility index (Phi) is 5.34. The van der Waals surface area contributed by atoms with E-state index in [1.807, 2.05) is 0 Å². The van der Waals surface area contributed by atoms with Crippen LogP contribution in [0.5, 0.6) is 5.75 Å². The second kappa shape index (κ2) is 7.97. The molecule has 0 aliphatic rings. The van der Waals surface area contributed by atoms with Crippen LogP contribution in [-0.4, -0.2) is 25.1 Å². The molecule has 1 aromatic heterocycles. The second-order valence-electron chi connectivity index (χ2n) is 6.56. The topological polar surface area (TPSA) is 93.2 Å². The van der Waals surface area contributed by atoms with Crippen molar-refractivity contribution in [1.82, 2.24) is 9.55 Å².